The van der Waals surface area contributed by atoms with Crippen molar-refractivity contribution in [3.8, 4) is 17.4 Å². The van der Waals surface area contributed by atoms with Crippen molar-refractivity contribution in [3.05, 3.63) is 22.8 Å². The lowest BCUT2D eigenvalue weighted by Crippen LogP contribution is -1.99. The fourth-order valence-electron chi connectivity index (χ4n) is 2.71. The summed E-state index contributed by atoms with van der Waals surface area (Å²) in [7, 11) is 1.56. The molecular formula is C14H13N5OS. The number of fused-ring (bicyclic) bond motifs is 3. The highest BCUT2D eigenvalue weighted by molar-refractivity contribution is 7.19. The molecule has 0 aliphatic heterocycles. The van der Waals surface area contributed by atoms with Gasteiger partial charge in [-0.15, -0.1) is 11.3 Å². The summed E-state index contributed by atoms with van der Waals surface area (Å²) in [6.45, 7) is 0. The number of nitrogen functional groups attached to an aromatic ring is 1. The third kappa shape index (κ3) is 1.92. The van der Waals surface area contributed by atoms with Gasteiger partial charge in [-0.25, -0.2) is 19.9 Å². The van der Waals surface area contributed by atoms with Crippen LogP contribution in [0.4, 0.5) is 5.82 Å². The molecule has 3 aromatic heterocycles. The van der Waals surface area contributed by atoms with Gasteiger partial charge < -0.3 is 10.5 Å². The summed E-state index contributed by atoms with van der Waals surface area (Å²) in [6.07, 6.45) is 4.82. The summed E-state index contributed by atoms with van der Waals surface area (Å²) in [5, 5.41) is 1.03. The molecule has 106 valence electrons. The van der Waals surface area contributed by atoms with Crippen molar-refractivity contribution in [1.82, 2.24) is 19.9 Å². The van der Waals surface area contributed by atoms with Crippen molar-refractivity contribution in [3.63, 3.8) is 0 Å². The van der Waals surface area contributed by atoms with Crippen molar-refractivity contribution in [2.24, 2.45) is 0 Å². The van der Waals surface area contributed by atoms with Crippen LogP contribution >= 0.6 is 11.3 Å². The highest BCUT2D eigenvalue weighted by Crippen LogP contribution is 2.39. The van der Waals surface area contributed by atoms with Gasteiger partial charge in [-0.2, -0.15) is 0 Å². The zero-order chi connectivity index (χ0) is 14.4. The standard InChI is InChI=1S/C14H13N5OS/c1-20-10-5-8(16-6-17-10)13-18-12(15)11-7-3-2-4-9(7)21-14(11)19-13/h5-6H,2-4H2,1H3,(H2,15,18,19). The monoisotopic (exact) mass is 299 g/mol. The minimum atomic E-state index is 0.482. The number of thiophene rings is 1. The van der Waals surface area contributed by atoms with Crippen LogP contribution in [0.15, 0.2) is 12.4 Å². The van der Waals surface area contributed by atoms with Gasteiger partial charge in [0.2, 0.25) is 5.88 Å². The lowest BCUT2D eigenvalue weighted by molar-refractivity contribution is 0.397. The molecule has 0 fully saturated rings. The Morgan fingerprint density at radius 2 is 2.14 bits per heavy atom. The molecule has 1 aliphatic rings. The molecule has 6 nitrogen and oxygen atoms in total. The van der Waals surface area contributed by atoms with E-state index in [1.165, 1.54) is 23.2 Å². The Morgan fingerprint density at radius 3 is 3.00 bits per heavy atom. The minimum Gasteiger partial charge on any atom is -0.481 e. The van der Waals surface area contributed by atoms with Gasteiger partial charge >= 0.3 is 0 Å². The van der Waals surface area contributed by atoms with Crippen molar-refractivity contribution in [2.45, 2.75) is 19.3 Å². The Balaban J connectivity index is 1.90. The van der Waals surface area contributed by atoms with E-state index in [0.29, 0.717) is 23.2 Å². The molecule has 0 atom stereocenters. The maximum absolute atomic E-state index is 6.16. The quantitative estimate of drug-likeness (QED) is 0.781. The maximum atomic E-state index is 6.16. The topological polar surface area (TPSA) is 86.8 Å². The van der Waals surface area contributed by atoms with Gasteiger partial charge in [0.25, 0.3) is 0 Å². The SMILES string of the molecule is COc1cc(-c2nc(N)c3c4c(sc3n2)CCC4)ncn1. The molecule has 0 bridgehead atoms. The molecule has 3 aromatic rings. The van der Waals surface area contributed by atoms with Crippen molar-refractivity contribution >= 4 is 27.4 Å². The Labute approximate surface area is 125 Å². The number of hydrogen-bond acceptors (Lipinski definition) is 7. The predicted molar refractivity (Wildman–Crippen MR) is 81.4 cm³/mol. The lowest BCUT2D eigenvalue weighted by atomic mass is 10.2. The van der Waals surface area contributed by atoms with Gasteiger partial charge in [0, 0.05) is 10.9 Å². The summed E-state index contributed by atoms with van der Waals surface area (Å²) < 4.78 is 5.11. The van der Waals surface area contributed by atoms with E-state index in [4.69, 9.17) is 10.5 Å². The molecule has 0 radical (unpaired) electrons. The zero-order valence-corrected chi connectivity index (χ0v) is 12.3. The van der Waals surface area contributed by atoms with Crippen LogP contribution in [0.3, 0.4) is 0 Å². The van der Waals surface area contributed by atoms with Crippen LogP contribution in [0.25, 0.3) is 21.7 Å². The van der Waals surface area contributed by atoms with E-state index >= 15 is 0 Å². The molecule has 0 saturated carbocycles. The van der Waals surface area contributed by atoms with Crippen LogP contribution in [0.5, 0.6) is 5.88 Å². The molecule has 0 unspecified atom stereocenters. The predicted octanol–water partition coefficient (Wildman–Crippen LogP) is 2.23. The van der Waals surface area contributed by atoms with Crippen molar-refractivity contribution < 1.29 is 4.74 Å². The first-order chi connectivity index (χ1) is 10.3. The van der Waals surface area contributed by atoms with E-state index in [1.807, 2.05) is 0 Å². The Bertz CT molecular complexity index is 845. The van der Waals surface area contributed by atoms with Crippen LogP contribution in [0.2, 0.25) is 0 Å². The number of nitrogens with two attached hydrogens (primary N) is 1. The number of aryl methyl sites for hydroxylation is 2. The number of methoxy groups -OCH3 is 1. The van der Waals surface area contributed by atoms with E-state index in [1.54, 1.807) is 24.5 Å². The summed E-state index contributed by atoms with van der Waals surface area (Å²) in [4.78, 5) is 19.6. The molecule has 0 aromatic carbocycles. The van der Waals surface area contributed by atoms with Gasteiger partial charge in [0.1, 0.15) is 22.7 Å². The second-order valence-corrected chi connectivity index (χ2v) is 6.00. The fraction of sp³-hybridized carbons (Fsp3) is 0.286. The molecule has 2 N–H and O–H groups in total. The normalized spacial score (nSPS) is 13.6. The van der Waals surface area contributed by atoms with Gasteiger partial charge in [0.15, 0.2) is 5.82 Å². The summed E-state index contributed by atoms with van der Waals surface area (Å²) in [5.41, 5.74) is 8.11. The molecule has 0 spiro atoms. The Morgan fingerprint density at radius 1 is 1.24 bits per heavy atom. The molecule has 7 heteroatoms. The average Bonchev–Trinajstić information content (AvgIpc) is 3.07. The first-order valence-corrected chi connectivity index (χ1v) is 7.52. The average molecular weight is 299 g/mol. The number of rotatable bonds is 2. The van der Waals surface area contributed by atoms with Gasteiger partial charge in [-0.3, -0.25) is 0 Å². The summed E-state index contributed by atoms with van der Waals surface area (Å²) >= 11 is 1.71. The van der Waals surface area contributed by atoms with Crippen molar-refractivity contribution in [2.75, 3.05) is 12.8 Å². The van der Waals surface area contributed by atoms with Crippen LogP contribution in [-0.4, -0.2) is 27.0 Å². The summed E-state index contributed by atoms with van der Waals surface area (Å²) in [6, 6.07) is 1.71. The van der Waals surface area contributed by atoms with E-state index in [2.05, 4.69) is 19.9 Å². The van der Waals surface area contributed by atoms with Gasteiger partial charge in [-0.05, 0) is 24.8 Å². The third-order valence-electron chi connectivity index (χ3n) is 3.67. The second-order valence-electron chi connectivity index (χ2n) is 4.92. The second kappa shape index (κ2) is 4.63. The number of hydrogen-bond donors (Lipinski definition) is 1. The smallest absolute Gasteiger partial charge is 0.216 e. The van der Waals surface area contributed by atoms with E-state index < -0.39 is 0 Å². The molecule has 3 heterocycles. The van der Waals surface area contributed by atoms with Gasteiger partial charge in [0.05, 0.1) is 12.5 Å². The molecule has 0 amide bonds. The Kier molecular flexibility index (Phi) is 2.75. The molecular weight excluding hydrogens is 286 g/mol. The minimum absolute atomic E-state index is 0.482. The van der Waals surface area contributed by atoms with Crippen molar-refractivity contribution in [1.29, 1.82) is 0 Å². The van der Waals surface area contributed by atoms with Crippen LogP contribution in [0, 0.1) is 0 Å². The number of aromatic nitrogens is 4. The number of ether oxygens (including phenoxy) is 1. The molecule has 4 rings (SSSR count). The van der Waals surface area contributed by atoms with E-state index in [-0.39, 0.29) is 0 Å². The van der Waals surface area contributed by atoms with Crippen LogP contribution < -0.4 is 10.5 Å². The Hall–Kier alpha value is -2.28. The molecule has 0 saturated heterocycles. The maximum Gasteiger partial charge on any atom is 0.216 e. The molecule has 21 heavy (non-hydrogen) atoms. The lowest BCUT2D eigenvalue weighted by Gasteiger charge is -2.04. The first kappa shape index (κ1) is 12.5. The van der Waals surface area contributed by atoms with Crippen LogP contribution in [-0.2, 0) is 12.8 Å². The number of anilines is 1. The highest BCUT2D eigenvalue weighted by Gasteiger charge is 2.21. The molecule has 1 aliphatic carbocycles. The highest BCUT2D eigenvalue weighted by atomic mass is 32.1. The fourth-order valence-corrected chi connectivity index (χ4v) is 3.98. The van der Waals surface area contributed by atoms with E-state index in [0.717, 1.165) is 23.1 Å². The number of nitrogens with zero attached hydrogens (tertiary/aromatic N) is 4. The largest absolute Gasteiger partial charge is 0.481 e. The van der Waals surface area contributed by atoms with Gasteiger partial charge in [-0.1, -0.05) is 0 Å². The summed E-state index contributed by atoms with van der Waals surface area (Å²) in [5.74, 6) is 1.53. The van der Waals surface area contributed by atoms with E-state index in [9.17, 15) is 0 Å². The van der Waals surface area contributed by atoms with Crippen LogP contribution in [0.1, 0.15) is 16.9 Å². The first-order valence-electron chi connectivity index (χ1n) is 6.70. The zero-order valence-electron chi connectivity index (χ0n) is 11.5. The third-order valence-corrected chi connectivity index (χ3v) is 4.86.